The van der Waals surface area contributed by atoms with E-state index in [1.165, 1.54) is 19.2 Å². The Bertz CT molecular complexity index is 1500. The summed E-state index contributed by atoms with van der Waals surface area (Å²) >= 11 is 0. The Morgan fingerprint density at radius 1 is 1.11 bits per heavy atom. The fourth-order valence-electron chi connectivity index (χ4n) is 4.10. The molecule has 194 valence electrons. The van der Waals surface area contributed by atoms with Gasteiger partial charge in [0.1, 0.15) is 11.5 Å². The molecule has 38 heavy (non-hydrogen) atoms. The number of fused-ring (bicyclic) bond motifs is 1. The summed E-state index contributed by atoms with van der Waals surface area (Å²) in [5.41, 5.74) is 7.91. The van der Waals surface area contributed by atoms with E-state index in [0.29, 0.717) is 35.8 Å². The van der Waals surface area contributed by atoms with Crippen molar-refractivity contribution >= 4 is 34.8 Å². The minimum Gasteiger partial charge on any atom is -0.508 e. The summed E-state index contributed by atoms with van der Waals surface area (Å²) in [7, 11) is 2.90. The number of carbonyl (C=O) groups is 1. The second-order valence-corrected chi connectivity index (χ2v) is 8.55. The van der Waals surface area contributed by atoms with Crippen molar-refractivity contribution in [3.05, 3.63) is 89.4 Å². The number of hydrogen-bond donors (Lipinski definition) is 4. The molecule has 0 radical (unpaired) electrons. The third-order valence-electron chi connectivity index (χ3n) is 5.93. The lowest BCUT2D eigenvalue weighted by molar-refractivity contribution is 0.0600. The van der Waals surface area contributed by atoms with Crippen LogP contribution in [0.3, 0.4) is 0 Å². The normalized spacial score (nSPS) is 12.4. The number of rotatable bonds is 8. The minimum absolute atomic E-state index is 0.0225. The number of halogens is 1. The minimum atomic E-state index is -0.625. The molecular formula is C27H25FN6O4. The van der Waals surface area contributed by atoms with Gasteiger partial charge in [-0.2, -0.15) is 4.98 Å². The van der Waals surface area contributed by atoms with Gasteiger partial charge in [0, 0.05) is 36.1 Å². The maximum atomic E-state index is 14.3. The summed E-state index contributed by atoms with van der Waals surface area (Å²) in [4.78, 5) is 20.1. The first-order valence-corrected chi connectivity index (χ1v) is 11.7. The van der Waals surface area contributed by atoms with Crippen LogP contribution < -0.4 is 20.8 Å². The molecule has 1 aliphatic heterocycles. The first-order valence-electron chi connectivity index (χ1n) is 11.7. The van der Waals surface area contributed by atoms with Crippen molar-refractivity contribution in [3.8, 4) is 11.5 Å². The van der Waals surface area contributed by atoms with Crippen LogP contribution in [0.15, 0.2) is 66.9 Å². The highest BCUT2D eigenvalue weighted by atomic mass is 19.1. The van der Waals surface area contributed by atoms with Crippen molar-refractivity contribution in [2.24, 2.45) is 0 Å². The zero-order valence-electron chi connectivity index (χ0n) is 20.7. The van der Waals surface area contributed by atoms with Crippen molar-refractivity contribution in [2.75, 3.05) is 30.3 Å². The van der Waals surface area contributed by atoms with Gasteiger partial charge in [0.05, 0.1) is 31.7 Å². The number of hydrazine groups is 1. The predicted octanol–water partition coefficient (Wildman–Crippen LogP) is 4.95. The lowest BCUT2D eigenvalue weighted by Gasteiger charge is -2.18. The number of phenols is 1. The number of nitrogens with zero attached hydrogens (tertiary/aromatic N) is 3. The molecular weight excluding hydrogens is 491 g/mol. The molecule has 5 rings (SSSR count). The van der Waals surface area contributed by atoms with Crippen LogP contribution in [0, 0.1) is 5.82 Å². The van der Waals surface area contributed by atoms with Crippen LogP contribution in [0.1, 0.15) is 21.5 Å². The first kappa shape index (κ1) is 24.8. The standard InChI is InChI=1S/C27H25FN6O4/c1-37-24-10-16(26(36)38-2)6-7-18(24)15-34-14-17-8-9-20(12-23(17)33-34)31-27-29-13-22(28)25(32-27)30-19-4-3-5-21(35)11-19/h3-13,33,35H,14-15H2,1-2H3,(H2,29,30,31,32). The maximum absolute atomic E-state index is 14.3. The zero-order chi connectivity index (χ0) is 26.6. The van der Waals surface area contributed by atoms with Crippen LogP contribution >= 0.6 is 0 Å². The first-order chi connectivity index (χ1) is 18.4. The Morgan fingerprint density at radius 2 is 1.95 bits per heavy atom. The number of esters is 1. The van der Waals surface area contributed by atoms with E-state index < -0.39 is 11.8 Å². The van der Waals surface area contributed by atoms with E-state index >= 15 is 0 Å². The van der Waals surface area contributed by atoms with Gasteiger partial charge in [-0.25, -0.2) is 19.2 Å². The van der Waals surface area contributed by atoms with Crippen LogP contribution in [0.25, 0.3) is 0 Å². The van der Waals surface area contributed by atoms with Gasteiger partial charge in [0.25, 0.3) is 0 Å². The van der Waals surface area contributed by atoms with Gasteiger partial charge < -0.3 is 30.6 Å². The molecule has 0 unspecified atom stereocenters. The van der Waals surface area contributed by atoms with Crippen LogP contribution in [-0.2, 0) is 17.8 Å². The summed E-state index contributed by atoms with van der Waals surface area (Å²) < 4.78 is 24.6. The largest absolute Gasteiger partial charge is 0.508 e. The highest BCUT2D eigenvalue weighted by Gasteiger charge is 2.21. The van der Waals surface area contributed by atoms with Crippen LogP contribution in [0.4, 0.5) is 33.2 Å². The van der Waals surface area contributed by atoms with E-state index in [2.05, 4.69) is 26.0 Å². The smallest absolute Gasteiger partial charge is 0.337 e. The molecule has 0 atom stereocenters. The Kier molecular flexibility index (Phi) is 6.92. The molecule has 0 aliphatic carbocycles. The molecule has 0 amide bonds. The Balaban J connectivity index is 1.27. The molecule has 0 bridgehead atoms. The highest BCUT2D eigenvalue weighted by Crippen LogP contribution is 2.32. The number of phenolic OH excluding ortho intramolecular Hbond substituents is 1. The number of aromatic nitrogens is 2. The molecule has 10 nitrogen and oxygen atoms in total. The number of methoxy groups -OCH3 is 2. The maximum Gasteiger partial charge on any atom is 0.337 e. The number of carbonyl (C=O) groups excluding carboxylic acids is 1. The quantitative estimate of drug-likeness (QED) is 0.240. The fraction of sp³-hybridized carbons (Fsp3) is 0.148. The number of ether oxygens (including phenoxy) is 2. The molecule has 4 aromatic rings. The summed E-state index contributed by atoms with van der Waals surface area (Å²) in [5.74, 6) is -0.213. The van der Waals surface area contributed by atoms with E-state index in [0.717, 1.165) is 23.0 Å². The van der Waals surface area contributed by atoms with Crippen molar-refractivity contribution in [2.45, 2.75) is 13.1 Å². The van der Waals surface area contributed by atoms with Crippen molar-refractivity contribution < 1.29 is 23.8 Å². The molecule has 11 heteroatoms. The van der Waals surface area contributed by atoms with E-state index in [1.54, 1.807) is 31.4 Å². The summed E-state index contributed by atoms with van der Waals surface area (Å²) in [6.45, 7) is 1.19. The van der Waals surface area contributed by atoms with Crippen LogP contribution in [-0.4, -0.2) is 40.3 Å². The van der Waals surface area contributed by atoms with Gasteiger partial charge in [0.2, 0.25) is 5.95 Å². The number of anilines is 5. The third kappa shape index (κ3) is 5.42. The summed E-state index contributed by atoms with van der Waals surface area (Å²) in [6, 6.07) is 17.3. The van der Waals surface area contributed by atoms with E-state index in [-0.39, 0.29) is 17.5 Å². The molecule has 3 aromatic carbocycles. The second kappa shape index (κ2) is 10.6. The Hall–Kier alpha value is -4.90. The molecule has 0 spiro atoms. The number of nitrogens with one attached hydrogen (secondary N) is 3. The van der Waals surface area contributed by atoms with Gasteiger partial charge in [0.15, 0.2) is 11.6 Å². The molecule has 4 N–H and O–H groups in total. The molecule has 1 aliphatic rings. The van der Waals surface area contributed by atoms with Gasteiger partial charge in [-0.15, -0.1) is 0 Å². The monoisotopic (exact) mass is 516 g/mol. The zero-order valence-corrected chi connectivity index (χ0v) is 20.7. The number of hydrogen-bond acceptors (Lipinski definition) is 10. The lowest BCUT2D eigenvalue weighted by atomic mass is 10.1. The van der Waals surface area contributed by atoms with Crippen LogP contribution in [0.5, 0.6) is 11.5 Å². The van der Waals surface area contributed by atoms with E-state index in [9.17, 15) is 14.3 Å². The fourth-order valence-corrected chi connectivity index (χ4v) is 4.10. The highest BCUT2D eigenvalue weighted by molar-refractivity contribution is 5.90. The molecule has 0 fully saturated rings. The van der Waals surface area contributed by atoms with Gasteiger partial charge in [-0.3, -0.25) is 0 Å². The van der Waals surface area contributed by atoms with Crippen molar-refractivity contribution in [1.29, 1.82) is 0 Å². The van der Waals surface area contributed by atoms with Gasteiger partial charge in [-0.05, 0) is 42.0 Å². The van der Waals surface area contributed by atoms with Gasteiger partial charge in [-0.1, -0.05) is 18.2 Å². The summed E-state index contributed by atoms with van der Waals surface area (Å²) in [6.07, 6.45) is 1.08. The van der Waals surface area contributed by atoms with E-state index in [1.807, 2.05) is 29.3 Å². The third-order valence-corrected chi connectivity index (χ3v) is 5.93. The lowest BCUT2D eigenvalue weighted by Crippen LogP contribution is -2.23. The Labute approximate surface area is 218 Å². The number of benzene rings is 3. The van der Waals surface area contributed by atoms with Crippen LogP contribution in [0.2, 0.25) is 0 Å². The van der Waals surface area contributed by atoms with E-state index in [4.69, 9.17) is 9.47 Å². The second-order valence-electron chi connectivity index (χ2n) is 8.55. The van der Waals surface area contributed by atoms with Gasteiger partial charge >= 0.3 is 5.97 Å². The SMILES string of the molecule is COC(=O)c1ccc(CN2Cc3ccc(Nc4ncc(F)c(Nc5cccc(O)c5)n4)cc3N2)c(OC)c1. The molecule has 1 aromatic heterocycles. The summed E-state index contributed by atoms with van der Waals surface area (Å²) in [5, 5.41) is 17.6. The van der Waals surface area contributed by atoms with Crippen molar-refractivity contribution in [3.63, 3.8) is 0 Å². The average molecular weight is 517 g/mol. The molecule has 0 saturated heterocycles. The predicted molar refractivity (Wildman–Crippen MR) is 140 cm³/mol. The number of aromatic hydroxyl groups is 1. The molecule has 0 saturated carbocycles. The average Bonchev–Trinajstić information content (AvgIpc) is 3.32. The van der Waals surface area contributed by atoms with Crippen molar-refractivity contribution in [1.82, 2.24) is 15.0 Å². The topological polar surface area (TPSA) is 121 Å². The Morgan fingerprint density at radius 3 is 2.74 bits per heavy atom. The molecule has 2 heterocycles.